The topological polar surface area (TPSA) is 60.3 Å². The molecule has 1 saturated heterocycles. The highest BCUT2D eigenvalue weighted by Crippen LogP contribution is 2.36. The van der Waals surface area contributed by atoms with E-state index in [0.29, 0.717) is 42.5 Å². The van der Waals surface area contributed by atoms with Crippen molar-refractivity contribution >= 4 is 11.7 Å². The standard InChI is InChI=1S/C25H29F3N2O3/c1-15-22(24(32)29-21-13-33-14-21)11-23(30(15)12-17-6-4-3-5-7-17)19-8-18(16(2)31)9-20(10-19)25(26,27)28/h8-11,17,21H,3-7,12-14H2,1-2H3,(H,29,32). The second-order valence-corrected chi connectivity index (χ2v) is 9.20. The third kappa shape index (κ3) is 5.16. The number of ether oxygens (including phenoxy) is 1. The summed E-state index contributed by atoms with van der Waals surface area (Å²) in [6.45, 7) is 4.63. The molecule has 1 aromatic heterocycles. The monoisotopic (exact) mass is 462 g/mol. The fourth-order valence-electron chi connectivity index (χ4n) is 4.70. The molecule has 2 heterocycles. The molecule has 0 unspecified atom stereocenters. The summed E-state index contributed by atoms with van der Waals surface area (Å²) >= 11 is 0. The van der Waals surface area contributed by atoms with Crippen molar-refractivity contribution in [2.24, 2.45) is 5.92 Å². The molecular formula is C25H29F3N2O3. The van der Waals surface area contributed by atoms with E-state index in [1.54, 1.807) is 6.07 Å². The maximum Gasteiger partial charge on any atom is 0.416 e. The molecule has 1 N–H and O–H groups in total. The maximum absolute atomic E-state index is 13.6. The Morgan fingerprint density at radius 2 is 1.79 bits per heavy atom. The largest absolute Gasteiger partial charge is 0.416 e. The van der Waals surface area contributed by atoms with Gasteiger partial charge in [-0.2, -0.15) is 13.2 Å². The zero-order chi connectivity index (χ0) is 23.8. The van der Waals surface area contributed by atoms with Crippen molar-refractivity contribution in [1.29, 1.82) is 0 Å². The highest BCUT2D eigenvalue weighted by molar-refractivity contribution is 5.98. The van der Waals surface area contributed by atoms with E-state index in [1.807, 2.05) is 11.5 Å². The molecule has 33 heavy (non-hydrogen) atoms. The molecule has 1 aromatic carbocycles. The molecule has 8 heteroatoms. The molecule has 1 amide bonds. The van der Waals surface area contributed by atoms with E-state index in [-0.39, 0.29) is 17.5 Å². The van der Waals surface area contributed by atoms with E-state index in [9.17, 15) is 22.8 Å². The number of nitrogens with zero attached hydrogens (tertiary/aromatic N) is 1. The molecule has 0 atom stereocenters. The summed E-state index contributed by atoms with van der Waals surface area (Å²) in [5.74, 6) is -0.298. The van der Waals surface area contributed by atoms with Crippen molar-refractivity contribution in [3.05, 3.63) is 46.6 Å². The number of hydrogen-bond acceptors (Lipinski definition) is 3. The quantitative estimate of drug-likeness (QED) is 0.586. The second-order valence-electron chi connectivity index (χ2n) is 9.20. The molecule has 5 nitrogen and oxygen atoms in total. The molecule has 0 spiro atoms. The lowest BCUT2D eigenvalue weighted by atomic mass is 9.89. The van der Waals surface area contributed by atoms with Gasteiger partial charge >= 0.3 is 6.18 Å². The SMILES string of the molecule is CC(=O)c1cc(-c2cc(C(=O)NC3COC3)c(C)n2CC2CCCCC2)cc(C(F)(F)F)c1. The van der Waals surface area contributed by atoms with Crippen molar-refractivity contribution in [2.45, 2.75) is 64.7 Å². The van der Waals surface area contributed by atoms with Gasteiger partial charge in [0.2, 0.25) is 0 Å². The van der Waals surface area contributed by atoms with Gasteiger partial charge in [-0.25, -0.2) is 0 Å². The summed E-state index contributed by atoms with van der Waals surface area (Å²) in [6.07, 6.45) is 0.987. The summed E-state index contributed by atoms with van der Waals surface area (Å²) < 4.78 is 47.9. The molecule has 178 valence electrons. The highest BCUT2D eigenvalue weighted by Gasteiger charge is 2.33. The van der Waals surface area contributed by atoms with Gasteiger partial charge in [0, 0.05) is 23.5 Å². The Balaban J connectivity index is 1.80. The van der Waals surface area contributed by atoms with Gasteiger partial charge in [-0.05, 0) is 62.4 Å². The molecule has 2 aromatic rings. The molecule has 1 aliphatic carbocycles. The number of nitrogens with one attached hydrogen (secondary N) is 1. The number of rotatable bonds is 6. The third-order valence-electron chi connectivity index (χ3n) is 6.71. The van der Waals surface area contributed by atoms with Crippen LogP contribution in [-0.4, -0.2) is 35.5 Å². The smallest absolute Gasteiger partial charge is 0.377 e. The third-order valence-corrected chi connectivity index (χ3v) is 6.71. The number of halogens is 3. The zero-order valence-electron chi connectivity index (χ0n) is 18.9. The fraction of sp³-hybridized carbons (Fsp3) is 0.520. The maximum atomic E-state index is 13.6. The lowest BCUT2D eigenvalue weighted by molar-refractivity contribution is -0.137. The van der Waals surface area contributed by atoms with Crippen LogP contribution in [0.25, 0.3) is 11.3 Å². The Labute approximate surface area is 191 Å². The van der Waals surface area contributed by atoms with E-state index < -0.39 is 17.5 Å². The van der Waals surface area contributed by atoms with E-state index in [4.69, 9.17) is 4.74 Å². The summed E-state index contributed by atoms with van der Waals surface area (Å²) in [6, 6.07) is 5.05. The Morgan fingerprint density at radius 1 is 1.09 bits per heavy atom. The molecule has 4 rings (SSSR count). The summed E-state index contributed by atoms with van der Waals surface area (Å²) in [5, 5.41) is 2.92. The van der Waals surface area contributed by atoms with Gasteiger partial charge in [0.1, 0.15) is 0 Å². The van der Waals surface area contributed by atoms with Crippen LogP contribution in [0.5, 0.6) is 0 Å². The van der Waals surface area contributed by atoms with Gasteiger partial charge < -0.3 is 14.6 Å². The second kappa shape index (κ2) is 9.33. The van der Waals surface area contributed by atoms with Gasteiger partial charge in [0.15, 0.2) is 5.78 Å². The number of hydrogen-bond donors (Lipinski definition) is 1. The highest BCUT2D eigenvalue weighted by atomic mass is 19.4. The molecule has 0 radical (unpaired) electrons. The molecule has 1 saturated carbocycles. The molecule has 1 aliphatic heterocycles. The number of carbonyl (C=O) groups excluding carboxylic acids is 2. The van der Waals surface area contributed by atoms with Crippen LogP contribution in [0.3, 0.4) is 0 Å². The predicted octanol–water partition coefficient (Wildman–Crippen LogP) is 5.39. The molecular weight excluding hydrogens is 433 g/mol. The summed E-state index contributed by atoms with van der Waals surface area (Å²) in [7, 11) is 0. The van der Waals surface area contributed by atoms with Gasteiger partial charge in [-0.15, -0.1) is 0 Å². The fourth-order valence-corrected chi connectivity index (χ4v) is 4.70. The van der Waals surface area contributed by atoms with Gasteiger partial charge in [-0.1, -0.05) is 19.3 Å². The van der Waals surface area contributed by atoms with Crippen molar-refractivity contribution in [1.82, 2.24) is 9.88 Å². The van der Waals surface area contributed by atoms with Crippen molar-refractivity contribution in [3.8, 4) is 11.3 Å². The number of aromatic nitrogens is 1. The average Bonchev–Trinajstić information content (AvgIpc) is 3.06. The van der Waals surface area contributed by atoms with Crippen LogP contribution in [0, 0.1) is 12.8 Å². The van der Waals surface area contributed by atoms with Crippen molar-refractivity contribution in [3.63, 3.8) is 0 Å². The number of ketones is 1. The minimum Gasteiger partial charge on any atom is -0.377 e. The van der Waals surface area contributed by atoms with Crippen LogP contribution < -0.4 is 5.32 Å². The lowest BCUT2D eigenvalue weighted by Crippen LogP contribution is -2.48. The van der Waals surface area contributed by atoms with Crippen LogP contribution in [0.15, 0.2) is 24.3 Å². The van der Waals surface area contributed by atoms with Gasteiger partial charge in [0.25, 0.3) is 5.91 Å². The van der Waals surface area contributed by atoms with E-state index >= 15 is 0 Å². The molecule has 0 bridgehead atoms. The van der Waals surface area contributed by atoms with E-state index in [2.05, 4.69) is 5.32 Å². The first-order valence-electron chi connectivity index (χ1n) is 11.5. The average molecular weight is 463 g/mol. The Hall–Kier alpha value is -2.61. The first-order chi connectivity index (χ1) is 15.6. The Morgan fingerprint density at radius 3 is 2.36 bits per heavy atom. The normalized spacial score (nSPS) is 17.6. The number of amides is 1. The first kappa shape index (κ1) is 23.5. The van der Waals surface area contributed by atoms with Crippen LogP contribution in [-0.2, 0) is 17.5 Å². The number of alkyl halides is 3. The Kier molecular flexibility index (Phi) is 6.66. The first-order valence-corrected chi connectivity index (χ1v) is 11.5. The summed E-state index contributed by atoms with van der Waals surface area (Å²) in [5.41, 5.74) is 1.11. The summed E-state index contributed by atoms with van der Waals surface area (Å²) in [4.78, 5) is 24.9. The van der Waals surface area contributed by atoms with Crippen LogP contribution in [0.2, 0.25) is 0 Å². The number of benzene rings is 1. The zero-order valence-corrected chi connectivity index (χ0v) is 18.9. The van der Waals surface area contributed by atoms with E-state index in [1.165, 1.54) is 19.4 Å². The van der Waals surface area contributed by atoms with Crippen LogP contribution in [0.1, 0.15) is 71.0 Å². The van der Waals surface area contributed by atoms with Crippen LogP contribution >= 0.6 is 0 Å². The van der Waals surface area contributed by atoms with E-state index in [0.717, 1.165) is 43.5 Å². The van der Waals surface area contributed by atoms with Crippen molar-refractivity contribution < 1.29 is 27.5 Å². The lowest BCUT2D eigenvalue weighted by Gasteiger charge is -2.27. The minimum atomic E-state index is -4.58. The Bertz CT molecular complexity index is 1050. The number of Topliss-reactive ketones (excluding diaryl/α,β-unsaturated/α-hetero) is 1. The predicted molar refractivity (Wildman–Crippen MR) is 118 cm³/mol. The minimum absolute atomic E-state index is 0.000475. The molecule has 2 fully saturated rings. The van der Waals surface area contributed by atoms with Gasteiger partial charge in [-0.3, -0.25) is 9.59 Å². The van der Waals surface area contributed by atoms with Gasteiger partial charge in [0.05, 0.1) is 30.4 Å². The number of carbonyl (C=O) groups is 2. The van der Waals surface area contributed by atoms with Crippen molar-refractivity contribution in [2.75, 3.05) is 13.2 Å². The molecule has 2 aliphatic rings. The van der Waals surface area contributed by atoms with Crippen LogP contribution in [0.4, 0.5) is 13.2 Å².